The molecule has 0 aliphatic heterocycles. The van der Waals surface area contributed by atoms with E-state index in [4.69, 9.17) is 0 Å². The van der Waals surface area contributed by atoms with Crippen LogP contribution in [0.3, 0.4) is 0 Å². The van der Waals surface area contributed by atoms with E-state index in [0.717, 1.165) is 23.4 Å². The molecule has 10 heteroatoms. The molecule has 0 spiro atoms. The minimum atomic E-state index is -4.58. The number of benzene rings is 1. The maximum absolute atomic E-state index is 13.0. The Kier molecular flexibility index (Phi) is 6.26. The van der Waals surface area contributed by atoms with Gasteiger partial charge in [-0.25, -0.2) is 9.97 Å². The topological polar surface area (TPSA) is 108 Å². The number of aromatic nitrogens is 3. The van der Waals surface area contributed by atoms with Crippen LogP contribution in [0.25, 0.3) is 11.1 Å². The van der Waals surface area contributed by atoms with Crippen molar-refractivity contribution in [3.63, 3.8) is 0 Å². The number of anilines is 2. The van der Waals surface area contributed by atoms with Crippen molar-refractivity contribution in [2.45, 2.75) is 44.4 Å². The molecule has 2 aromatic heterocycles. The number of hydrogen-bond acceptors (Lipinski definition) is 6. The molecule has 0 unspecified atom stereocenters. The third kappa shape index (κ3) is 5.17. The van der Waals surface area contributed by atoms with E-state index in [1.807, 2.05) is 19.1 Å². The molecule has 1 aliphatic carbocycles. The van der Waals surface area contributed by atoms with E-state index in [1.165, 1.54) is 0 Å². The van der Waals surface area contributed by atoms with Gasteiger partial charge in [-0.3, -0.25) is 9.78 Å². The number of aliphatic carboxylic acids is 1. The molecular weight excluding hydrogens is 449 g/mol. The Hall–Kier alpha value is -3.53. The zero-order chi connectivity index (χ0) is 24.5. The summed E-state index contributed by atoms with van der Waals surface area (Å²) in [6.45, 7) is 1.85. The molecule has 4 rings (SSSR count). The fourth-order valence-corrected chi connectivity index (χ4v) is 4.21. The second-order valence-electron chi connectivity index (χ2n) is 8.58. The zero-order valence-corrected chi connectivity index (χ0v) is 18.3. The molecule has 178 valence electrons. The minimum Gasteiger partial charge on any atom is -0.481 e. The first-order valence-corrected chi connectivity index (χ1v) is 10.7. The fraction of sp³-hybridized carbons (Fsp3) is 0.333. The van der Waals surface area contributed by atoms with Gasteiger partial charge in [0.25, 0.3) is 0 Å². The lowest BCUT2D eigenvalue weighted by Gasteiger charge is -2.35. The van der Waals surface area contributed by atoms with E-state index >= 15 is 0 Å². The predicted octanol–water partition coefficient (Wildman–Crippen LogP) is 5.07. The maximum Gasteiger partial charge on any atom is 0.433 e. The number of nitrogens with one attached hydrogen (secondary N) is 1. The molecule has 1 saturated carbocycles. The van der Waals surface area contributed by atoms with Gasteiger partial charge in [-0.1, -0.05) is 6.07 Å². The summed E-state index contributed by atoms with van der Waals surface area (Å²) >= 11 is 0. The highest BCUT2D eigenvalue weighted by atomic mass is 19.4. The third-order valence-electron chi connectivity index (χ3n) is 6.05. The predicted molar refractivity (Wildman–Crippen MR) is 118 cm³/mol. The van der Waals surface area contributed by atoms with Gasteiger partial charge < -0.3 is 15.5 Å². The van der Waals surface area contributed by atoms with Crippen molar-refractivity contribution in [3.05, 3.63) is 65.7 Å². The molecule has 34 heavy (non-hydrogen) atoms. The second kappa shape index (κ2) is 9.02. The summed E-state index contributed by atoms with van der Waals surface area (Å²) in [7, 11) is 0. The molecule has 1 aromatic carbocycles. The molecule has 1 fully saturated rings. The third-order valence-corrected chi connectivity index (χ3v) is 6.05. The van der Waals surface area contributed by atoms with Crippen molar-refractivity contribution in [3.8, 4) is 11.1 Å². The molecule has 0 atom stereocenters. The number of aliphatic hydroxyl groups is 1. The summed E-state index contributed by atoms with van der Waals surface area (Å²) in [5.41, 5.74) is 1.20. The molecule has 3 aromatic rings. The van der Waals surface area contributed by atoms with Crippen LogP contribution in [-0.2, 0) is 16.6 Å². The van der Waals surface area contributed by atoms with Crippen molar-refractivity contribution >= 4 is 17.6 Å². The summed E-state index contributed by atoms with van der Waals surface area (Å²) in [6.07, 6.45) is 1.09. The highest BCUT2D eigenvalue weighted by Crippen LogP contribution is 2.40. The molecule has 0 saturated heterocycles. The van der Waals surface area contributed by atoms with Crippen LogP contribution in [0.4, 0.5) is 24.8 Å². The number of carbonyl (C=O) groups is 1. The lowest BCUT2D eigenvalue weighted by Crippen LogP contribution is -2.33. The average molecular weight is 472 g/mol. The van der Waals surface area contributed by atoms with Crippen LogP contribution in [0.1, 0.15) is 42.5 Å². The van der Waals surface area contributed by atoms with Crippen molar-refractivity contribution in [1.29, 1.82) is 0 Å². The second-order valence-corrected chi connectivity index (χ2v) is 8.58. The van der Waals surface area contributed by atoms with Gasteiger partial charge in [0.2, 0.25) is 5.95 Å². The summed E-state index contributed by atoms with van der Waals surface area (Å²) < 4.78 is 38.9. The molecule has 0 radical (unpaired) electrons. The molecule has 1 aliphatic rings. The first-order valence-electron chi connectivity index (χ1n) is 10.7. The highest BCUT2D eigenvalue weighted by molar-refractivity contribution is 5.71. The van der Waals surface area contributed by atoms with Gasteiger partial charge >= 0.3 is 12.1 Å². The van der Waals surface area contributed by atoms with Crippen LogP contribution in [0, 0.1) is 12.8 Å². The van der Waals surface area contributed by atoms with Gasteiger partial charge in [-0.2, -0.15) is 13.2 Å². The largest absolute Gasteiger partial charge is 0.481 e. The smallest absolute Gasteiger partial charge is 0.433 e. The number of carboxylic acids is 1. The lowest BCUT2D eigenvalue weighted by molar-refractivity contribution is -0.145. The standard InChI is InChI=1S/C24H23F3N4O3/c1-14-8-16(11-19(9-14)30-22-29-7-4-20(31-22)24(25,26)27)17-10-18(13-28-12-17)23(34)5-2-15(3-6-23)21(32)33/h4,7-13,15,34H,2-3,5-6H2,1H3,(H,32,33)(H,29,30,31)/t15-,23+. The van der Waals surface area contributed by atoms with E-state index < -0.39 is 29.4 Å². The number of alkyl halides is 3. The number of pyridine rings is 1. The zero-order valence-electron chi connectivity index (χ0n) is 18.3. The van der Waals surface area contributed by atoms with Crippen LogP contribution in [0.2, 0.25) is 0 Å². The van der Waals surface area contributed by atoms with Gasteiger partial charge in [0.05, 0.1) is 11.5 Å². The number of halogens is 3. The Bertz CT molecular complexity index is 1210. The van der Waals surface area contributed by atoms with Gasteiger partial charge in [0.1, 0.15) is 5.69 Å². The van der Waals surface area contributed by atoms with E-state index in [0.29, 0.717) is 42.5 Å². The molecule has 0 bridgehead atoms. The van der Waals surface area contributed by atoms with Crippen LogP contribution < -0.4 is 5.32 Å². The Morgan fingerprint density at radius 1 is 1.12 bits per heavy atom. The van der Waals surface area contributed by atoms with Gasteiger partial charge in [-0.05, 0) is 68.0 Å². The van der Waals surface area contributed by atoms with Gasteiger partial charge in [0, 0.05) is 35.4 Å². The monoisotopic (exact) mass is 472 g/mol. The Labute approximate surface area is 193 Å². The molecule has 2 heterocycles. The SMILES string of the molecule is Cc1cc(Nc2nccc(C(F)(F)F)n2)cc(-c2cncc([C@]3(O)CC[C@@H](C(=O)O)CC3)c2)c1. The maximum atomic E-state index is 13.0. The van der Waals surface area contributed by atoms with E-state index in [1.54, 1.807) is 24.5 Å². The number of carboxylic acid groups (broad SMARTS) is 1. The number of aryl methyl sites for hydroxylation is 1. The van der Waals surface area contributed by atoms with E-state index in [-0.39, 0.29) is 5.95 Å². The van der Waals surface area contributed by atoms with Gasteiger partial charge in [0.15, 0.2) is 0 Å². The minimum absolute atomic E-state index is 0.178. The van der Waals surface area contributed by atoms with E-state index in [9.17, 15) is 28.2 Å². The van der Waals surface area contributed by atoms with Crippen molar-refractivity contribution in [2.75, 3.05) is 5.32 Å². The molecule has 0 amide bonds. The molecule has 3 N–H and O–H groups in total. The summed E-state index contributed by atoms with van der Waals surface area (Å²) in [5, 5.41) is 23.2. The van der Waals surface area contributed by atoms with Crippen LogP contribution in [0.5, 0.6) is 0 Å². The normalized spacial score (nSPS) is 20.7. The Morgan fingerprint density at radius 3 is 2.53 bits per heavy atom. The lowest BCUT2D eigenvalue weighted by atomic mass is 9.75. The van der Waals surface area contributed by atoms with Crippen LogP contribution in [-0.4, -0.2) is 31.1 Å². The van der Waals surface area contributed by atoms with Crippen molar-refractivity contribution < 1.29 is 28.2 Å². The first-order chi connectivity index (χ1) is 16.0. The van der Waals surface area contributed by atoms with Crippen molar-refractivity contribution in [1.82, 2.24) is 15.0 Å². The van der Waals surface area contributed by atoms with Crippen LogP contribution in [0.15, 0.2) is 48.9 Å². The summed E-state index contributed by atoms with van der Waals surface area (Å²) in [5.74, 6) is -1.49. The Morgan fingerprint density at radius 2 is 1.85 bits per heavy atom. The number of rotatable bonds is 5. The van der Waals surface area contributed by atoms with E-state index in [2.05, 4.69) is 20.3 Å². The molecular formula is C24H23F3N4O3. The van der Waals surface area contributed by atoms with Crippen LogP contribution >= 0.6 is 0 Å². The first kappa shape index (κ1) is 23.6. The Balaban J connectivity index is 1.60. The summed E-state index contributed by atoms with van der Waals surface area (Å²) in [6, 6.07) is 8.00. The average Bonchev–Trinajstić information content (AvgIpc) is 2.79. The van der Waals surface area contributed by atoms with Crippen molar-refractivity contribution in [2.24, 2.45) is 5.92 Å². The summed E-state index contributed by atoms with van der Waals surface area (Å²) in [4.78, 5) is 22.9. The molecule has 7 nitrogen and oxygen atoms in total. The van der Waals surface area contributed by atoms with Gasteiger partial charge in [-0.15, -0.1) is 0 Å². The fourth-order valence-electron chi connectivity index (χ4n) is 4.21. The highest BCUT2D eigenvalue weighted by Gasteiger charge is 2.37. The number of hydrogen-bond donors (Lipinski definition) is 3. The quantitative estimate of drug-likeness (QED) is 0.476. The number of nitrogens with zero attached hydrogens (tertiary/aromatic N) is 3.